The number of aromatic nitrogens is 3. The largest absolute Gasteiger partial charge is 0.361 e. The van der Waals surface area contributed by atoms with Crippen LogP contribution in [0.15, 0.2) is 12.5 Å². The second kappa shape index (κ2) is 6.37. The molecular weight excluding hydrogens is 316 g/mol. The fourth-order valence-corrected chi connectivity index (χ4v) is 2.91. The standard InChI is InChI=1S/C13H18ClF2N3OSi/c1-21(2,3)5-4-20-8-19-6-9(12(15)16)10-11(14)17-7-18-13(10)19/h6-7,12H,4-5,8H2,1-3H3. The Morgan fingerprint density at radius 3 is 2.67 bits per heavy atom. The molecule has 0 atom stereocenters. The Bertz CT molecular complexity index is 628. The molecule has 0 saturated heterocycles. The van der Waals surface area contributed by atoms with E-state index >= 15 is 0 Å². The molecule has 0 amide bonds. The molecule has 116 valence electrons. The van der Waals surface area contributed by atoms with Crippen LogP contribution >= 0.6 is 11.6 Å². The molecule has 4 nitrogen and oxygen atoms in total. The molecule has 0 aliphatic carbocycles. The highest BCUT2D eigenvalue weighted by Crippen LogP contribution is 2.32. The Morgan fingerprint density at radius 2 is 2.05 bits per heavy atom. The summed E-state index contributed by atoms with van der Waals surface area (Å²) < 4.78 is 33.3. The molecule has 0 spiro atoms. The summed E-state index contributed by atoms with van der Waals surface area (Å²) in [6, 6.07) is 1.02. The van der Waals surface area contributed by atoms with Crippen molar-refractivity contribution in [3.8, 4) is 0 Å². The van der Waals surface area contributed by atoms with E-state index in [0.717, 1.165) is 6.04 Å². The van der Waals surface area contributed by atoms with Crippen molar-refractivity contribution in [1.29, 1.82) is 0 Å². The van der Waals surface area contributed by atoms with E-state index < -0.39 is 14.5 Å². The van der Waals surface area contributed by atoms with Crippen LogP contribution in [0.5, 0.6) is 0 Å². The molecule has 2 aromatic rings. The van der Waals surface area contributed by atoms with Crippen LogP contribution in [-0.2, 0) is 11.5 Å². The molecule has 0 fully saturated rings. The predicted molar refractivity (Wildman–Crippen MR) is 81.6 cm³/mol. The molecule has 0 radical (unpaired) electrons. The van der Waals surface area contributed by atoms with E-state index in [1.54, 1.807) is 4.57 Å². The first kappa shape index (κ1) is 16.3. The monoisotopic (exact) mass is 333 g/mol. The Hall–Kier alpha value is -1.05. The fraction of sp³-hybridized carbons (Fsp3) is 0.538. The van der Waals surface area contributed by atoms with Crippen molar-refractivity contribution in [1.82, 2.24) is 14.5 Å². The maximum Gasteiger partial charge on any atom is 0.266 e. The fourth-order valence-electron chi connectivity index (χ4n) is 1.92. The summed E-state index contributed by atoms with van der Waals surface area (Å²) in [7, 11) is -1.17. The molecule has 2 rings (SSSR count). The van der Waals surface area contributed by atoms with E-state index in [1.165, 1.54) is 12.5 Å². The summed E-state index contributed by atoms with van der Waals surface area (Å²) in [4.78, 5) is 7.80. The number of nitrogens with zero attached hydrogens (tertiary/aromatic N) is 3. The van der Waals surface area contributed by atoms with Gasteiger partial charge in [0.1, 0.15) is 23.9 Å². The third-order valence-electron chi connectivity index (χ3n) is 3.10. The average molecular weight is 334 g/mol. The van der Waals surface area contributed by atoms with Crippen molar-refractivity contribution in [3.63, 3.8) is 0 Å². The van der Waals surface area contributed by atoms with Crippen LogP contribution in [0.1, 0.15) is 12.0 Å². The van der Waals surface area contributed by atoms with Crippen LogP contribution in [0.4, 0.5) is 8.78 Å². The van der Waals surface area contributed by atoms with E-state index in [9.17, 15) is 8.78 Å². The van der Waals surface area contributed by atoms with Crippen LogP contribution in [0.25, 0.3) is 11.0 Å². The van der Waals surface area contributed by atoms with Gasteiger partial charge in [0.05, 0.1) is 5.39 Å². The van der Waals surface area contributed by atoms with Crippen molar-refractivity contribution >= 4 is 30.7 Å². The van der Waals surface area contributed by atoms with Gasteiger partial charge in [0.25, 0.3) is 6.43 Å². The quantitative estimate of drug-likeness (QED) is 0.448. The van der Waals surface area contributed by atoms with Gasteiger partial charge in [0.15, 0.2) is 0 Å². The summed E-state index contributed by atoms with van der Waals surface area (Å²) in [5.41, 5.74) is 0.211. The SMILES string of the molecule is C[Si](C)(C)CCOCn1cc(C(F)F)c2c(Cl)ncnc21. The van der Waals surface area contributed by atoms with Gasteiger partial charge in [-0.3, -0.25) is 0 Å². The minimum atomic E-state index is -2.63. The highest BCUT2D eigenvalue weighted by Gasteiger charge is 2.20. The number of hydrogen-bond donors (Lipinski definition) is 0. The minimum absolute atomic E-state index is 0.0381. The van der Waals surface area contributed by atoms with E-state index in [-0.39, 0.29) is 22.8 Å². The normalized spacial score (nSPS) is 12.5. The van der Waals surface area contributed by atoms with Gasteiger partial charge >= 0.3 is 0 Å². The average Bonchev–Trinajstić information content (AvgIpc) is 2.74. The van der Waals surface area contributed by atoms with Crippen molar-refractivity contribution in [2.45, 2.75) is 38.8 Å². The minimum Gasteiger partial charge on any atom is -0.361 e. The molecule has 21 heavy (non-hydrogen) atoms. The maximum atomic E-state index is 13.1. The third-order valence-corrected chi connectivity index (χ3v) is 5.09. The first-order chi connectivity index (χ1) is 9.79. The zero-order valence-corrected chi connectivity index (χ0v) is 14.0. The van der Waals surface area contributed by atoms with E-state index in [1.807, 2.05) is 0 Å². The van der Waals surface area contributed by atoms with Gasteiger partial charge in [-0.2, -0.15) is 0 Å². The lowest BCUT2D eigenvalue weighted by molar-refractivity contribution is 0.0890. The molecule has 0 bridgehead atoms. The smallest absolute Gasteiger partial charge is 0.266 e. The van der Waals surface area contributed by atoms with Crippen LogP contribution in [-0.4, -0.2) is 29.2 Å². The lowest BCUT2D eigenvalue weighted by Crippen LogP contribution is -2.22. The highest BCUT2D eigenvalue weighted by molar-refractivity contribution is 6.76. The summed E-state index contributed by atoms with van der Waals surface area (Å²) in [5.74, 6) is 0. The molecule has 8 heteroatoms. The second-order valence-electron chi connectivity index (χ2n) is 6.07. The number of fused-ring (bicyclic) bond motifs is 1. The number of ether oxygens (including phenoxy) is 1. The zero-order valence-electron chi connectivity index (χ0n) is 12.2. The van der Waals surface area contributed by atoms with Gasteiger partial charge in [-0.05, 0) is 6.04 Å². The molecule has 0 aliphatic heterocycles. The van der Waals surface area contributed by atoms with E-state index in [0.29, 0.717) is 12.3 Å². The zero-order chi connectivity index (χ0) is 15.6. The first-order valence-electron chi connectivity index (χ1n) is 6.65. The number of halogens is 3. The predicted octanol–water partition coefficient (Wildman–Crippen LogP) is 4.33. The summed E-state index contributed by atoms with van der Waals surface area (Å²) >= 11 is 5.91. The Balaban J connectivity index is 2.19. The third kappa shape index (κ3) is 3.99. The van der Waals surface area contributed by atoms with E-state index in [4.69, 9.17) is 16.3 Å². The topological polar surface area (TPSA) is 39.9 Å². The summed E-state index contributed by atoms with van der Waals surface area (Å²) in [5, 5.41) is 0.235. The number of rotatable bonds is 6. The number of alkyl halides is 2. The van der Waals surface area contributed by atoms with Gasteiger partial charge in [-0.15, -0.1) is 0 Å². The molecule has 0 aromatic carbocycles. The highest BCUT2D eigenvalue weighted by atomic mass is 35.5. The Morgan fingerprint density at radius 1 is 1.33 bits per heavy atom. The molecule has 0 aliphatic rings. The Labute approximate surface area is 128 Å². The molecule has 0 saturated carbocycles. The second-order valence-corrected chi connectivity index (χ2v) is 12.0. The van der Waals surface area contributed by atoms with Crippen molar-refractivity contribution in [2.75, 3.05) is 6.61 Å². The van der Waals surface area contributed by atoms with Gasteiger partial charge in [0, 0.05) is 26.4 Å². The van der Waals surface area contributed by atoms with Crippen molar-refractivity contribution in [2.24, 2.45) is 0 Å². The maximum absolute atomic E-state index is 13.1. The molecule has 0 N–H and O–H groups in total. The van der Waals surface area contributed by atoms with Crippen molar-refractivity contribution < 1.29 is 13.5 Å². The van der Waals surface area contributed by atoms with Crippen LogP contribution < -0.4 is 0 Å². The lowest BCUT2D eigenvalue weighted by Gasteiger charge is -2.15. The van der Waals surface area contributed by atoms with Gasteiger partial charge in [-0.25, -0.2) is 18.7 Å². The Kier molecular flexibility index (Phi) is 4.95. The van der Waals surface area contributed by atoms with Gasteiger partial charge < -0.3 is 9.30 Å². The van der Waals surface area contributed by atoms with E-state index in [2.05, 4.69) is 29.6 Å². The molecule has 2 heterocycles. The summed E-state index contributed by atoms with van der Waals surface area (Å²) in [6.45, 7) is 7.55. The van der Waals surface area contributed by atoms with Crippen LogP contribution in [0, 0.1) is 0 Å². The lowest BCUT2D eigenvalue weighted by atomic mass is 10.2. The molecule has 0 unspecified atom stereocenters. The molecule has 2 aromatic heterocycles. The van der Waals surface area contributed by atoms with Crippen LogP contribution in [0.2, 0.25) is 30.8 Å². The van der Waals surface area contributed by atoms with Crippen LogP contribution in [0.3, 0.4) is 0 Å². The first-order valence-corrected chi connectivity index (χ1v) is 10.7. The van der Waals surface area contributed by atoms with Crippen molar-refractivity contribution in [3.05, 3.63) is 23.2 Å². The molecular formula is C13H18ClF2N3OSi. The van der Waals surface area contributed by atoms with Gasteiger partial charge in [0.2, 0.25) is 0 Å². The summed E-state index contributed by atoms with van der Waals surface area (Å²) in [6.07, 6.45) is -0.0256. The number of hydrogen-bond acceptors (Lipinski definition) is 3. The van der Waals surface area contributed by atoms with Gasteiger partial charge in [-0.1, -0.05) is 31.2 Å².